The van der Waals surface area contributed by atoms with Crippen molar-refractivity contribution >= 4 is 11.6 Å². The lowest BCUT2D eigenvalue weighted by molar-refractivity contribution is 0.349. The van der Waals surface area contributed by atoms with E-state index in [4.69, 9.17) is 0 Å². The van der Waals surface area contributed by atoms with E-state index in [0.29, 0.717) is 6.04 Å². The molecular formula is C16H28N4. The van der Waals surface area contributed by atoms with E-state index in [1.807, 2.05) is 0 Å². The summed E-state index contributed by atoms with van der Waals surface area (Å²) in [7, 11) is 0. The third-order valence-electron chi connectivity index (χ3n) is 4.27. The van der Waals surface area contributed by atoms with Crippen LogP contribution in [0.1, 0.15) is 58.4 Å². The second kappa shape index (κ2) is 7.46. The summed E-state index contributed by atoms with van der Waals surface area (Å²) in [5, 5.41) is 7.09. The summed E-state index contributed by atoms with van der Waals surface area (Å²) in [5.74, 6) is 2.76. The molecule has 4 heteroatoms. The zero-order valence-corrected chi connectivity index (χ0v) is 13.1. The van der Waals surface area contributed by atoms with Crippen LogP contribution in [-0.2, 0) is 6.42 Å². The molecule has 0 amide bonds. The highest BCUT2D eigenvalue weighted by Gasteiger charge is 2.22. The van der Waals surface area contributed by atoms with E-state index in [9.17, 15) is 0 Å². The van der Waals surface area contributed by atoms with Crippen molar-refractivity contribution in [1.29, 1.82) is 0 Å². The Kier molecular flexibility index (Phi) is 5.62. The molecule has 2 rings (SSSR count). The molecular weight excluding hydrogens is 248 g/mol. The van der Waals surface area contributed by atoms with Gasteiger partial charge in [-0.2, -0.15) is 0 Å². The average Bonchev–Trinajstić information content (AvgIpc) is 2.47. The molecule has 1 fully saturated rings. The van der Waals surface area contributed by atoms with E-state index in [1.54, 1.807) is 6.33 Å². The van der Waals surface area contributed by atoms with Crippen molar-refractivity contribution in [2.45, 2.75) is 65.3 Å². The fraction of sp³-hybridized carbons (Fsp3) is 0.750. The highest BCUT2D eigenvalue weighted by atomic mass is 15.1. The Morgan fingerprint density at radius 1 is 1.15 bits per heavy atom. The van der Waals surface area contributed by atoms with Gasteiger partial charge in [-0.1, -0.05) is 33.6 Å². The lowest BCUT2D eigenvalue weighted by atomic mass is 9.86. The third-order valence-corrected chi connectivity index (χ3v) is 4.27. The van der Waals surface area contributed by atoms with Crippen LogP contribution < -0.4 is 10.6 Å². The molecule has 1 aromatic rings. The number of anilines is 2. The molecule has 0 saturated heterocycles. The van der Waals surface area contributed by atoms with Gasteiger partial charge in [0, 0.05) is 18.2 Å². The van der Waals surface area contributed by atoms with Crippen LogP contribution in [-0.4, -0.2) is 22.6 Å². The van der Waals surface area contributed by atoms with Gasteiger partial charge in [0.05, 0.1) is 0 Å². The number of hydrogen-bond donors (Lipinski definition) is 2. The SMILES string of the molecule is CCCNc1ncnc(NC2CCCCC2C)c1CC. The molecule has 0 spiro atoms. The maximum atomic E-state index is 4.48. The van der Waals surface area contributed by atoms with Crippen LogP contribution in [0.5, 0.6) is 0 Å². The Hall–Kier alpha value is -1.32. The van der Waals surface area contributed by atoms with E-state index in [0.717, 1.165) is 36.9 Å². The van der Waals surface area contributed by atoms with Crippen LogP contribution in [0.4, 0.5) is 11.6 Å². The van der Waals surface area contributed by atoms with Gasteiger partial charge in [-0.25, -0.2) is 9.97 Å². The lowest BCUT2D eigenvalue weighted by Gasteiger charge is -2.30. The first-order chi connectivity index (χ1) is 9.76. The summed E-state index contributed by atoms with van der Waals surface area (Å²) in [6.45, 7) is 7.65. The Balaban J connectivity index is 2.13. The summed E-state index contributed by atoms with van der Waals surface area (Å²) >= 11 is 0. The second-order valence-electron chi connectivity index (χ2n) is 5.84. The van der Waals surface area contributed by atoms with Gasteiger partial charge in [-0.15, -0.1) is 0 Å². The topological polar surface area (TPSA) is 49.8 Å². The van der Waals surface area contributed by atoms with E-state index < -0.39 is 0 Å². The molecule has 0 aliphatic heterocycles. The van der Waals surface area contributed by atoms with Gasteiger partial charge in [0.15, 0.2) is 0 Å². The zero-order chi connectivity index (χ0) is 14.4. The molecule has 2 atom stereocenters. The summed E-state index contributed by atoms with van der Waals surface area (Å²) in [4.78, 5) is 8.88. The highest BCUT2D eigenvalue weighted by molar-refractivity contribution is 5.57. The molecule has 2 unspecified atom stereocenters. The summed E-state index contributed by atoms with van der Waals surface area (Å²) in [5.41, 5.74) is 1.22. The molecule has 1 aromatic heterocycles. The quantitative estimate of drug-likeness (QED) is 0.828. The minimum Gasteiger partial charge on any atom is -0.370 e. The molecule has 112 valence electrons. The molecule has 0 bridgehead atoms. The molecule has 20 heavy (non-hydrogen) atoms. The van der Waals surface area contributed by atoms with Crippen molar-refractivity contribution in [3.8, 4) is 0 Å². The van der Waals surface area contributed by atoms with Crippen LogP contribution in [0, 0.1) is 5.92 Å². The van der Waals surface area contributed by atoms with E-state index in [1.165, 1.54) is 31.2 Å². The molecule has 4 nitrogen and oxygen atoms in total. The Labute approximate surface area is 122 Å². The second-order valence-corrected chi connectivity index (χ2v) is 5.84. The van der Waals surface area contributed by atoms with Gasteiger partial charge in [0.1, 0.15) is 18.0 Å². The van der Waals surface area contributed by atoms with Crippen LogP contribution >= 0.6 is 0 Å². The fourth-order valence-electron chi connectivity index (χ4n) is 2.97. The van der Waals surface area contributed by atoms with E-state index in [2.05, 4.69) is 41.4 Å². The standard InChI is InChI=1S/C16H28N4/c1-4-10-17-15-13(5-2)16(19-11-18-15)20-14-9-7-6-8-12(14)3/h11-12,14H,4-10H2,1-3H3,(H2,17,18,19,20). The van der Waals surface area contributed by atoms with Crippen molar-refractivity contribution in [2.75, 3.05) is 17.2 Å². The first-order valence-electron chi connectivity index (χ1n) is 8.10. The van der Waals surface area contributed by atoms with Crippen molar-refractivity contribution in [2.24, 2.45) is 5.92 Å². The minimum absolute atomic E-state index is 0.558. The van der Waals surface area contributed by atoms with Gasteiger partial charge in [-0.3, -0.25) is 0 Å². The maximum absolute atomic E-state index is 4.48. The minimum atomic E-state index is 0.558. The van der Waals surface area contributed by atoms with Gasteiger partial charge in [0.25, 0.3) is 0 Å². The third kappa shape index (κ3) is 3.62. The van der Waals surface area contributed by atoms with E-state index in [-0.39, 0.29) is 0 Å². The van der Waals surface area contributed by atoms with Crippen molar-refractivity contribution in [1.82, 2.24) is 9.97 Å². The number of nitrogens with one attached hydrogen (secondary N) is 2. The monoisotopic (exact) mass is 276 g/mol. The predicted octanol–water partition coefficient (Wildman–Crippen LogP) is 3.85. The molecule has 1 aliphatic carbocycles. The van der Waals surface area contributed by atoms with Crippen LogP contribution in [0.25, 0.3) is 0 Å². The highest BCUT2D eigenvalue weighted by Crippen LogP contribution is 2.28. The first-order valence-corrected chi connectivity index (χ1v) is 8.10. The summed E-state index contributed by atoms with van der Waals surface area (Å²) in [6, 6.07) is 0.558. The summed E-state index contributed by atoms with van der Waals surface area (Å²) in [6.07, 6.45) is 9.01. The van der Waals surface area contributed by atoms with Crippen LogP contribution in [0.15, 0.2) is 6.33 Å². The zero-order valence-electron chi connectivity index (χ0n) is 13.1. The van der Waals surface area contributed by atoms with Gasteiger partial charge >= 0.3 is 0 Å². The largest absolute Gasteiger partial charge is 0.370 e. The lowest BCUT2D eigenvalue weighted by Crippen LogP contribution is -2.31. The number of hydrogen-bond acceptors (Lipinski definition) is 4. The van der Waals surface area contributed by atoms with Crippen molar-refractivity contribution in [3.05, 3.63) is 11.9 Å². The molecule has 1 heterocycles. The maximum Gasteiger partial charge on any atom is 0.134 e. The average molecular weight is 276 g/mol. The molecule has 1 saturated carbocycles. The van der Waals surface area contributed by atoms with Crippen LogP contribution in [0.3, 0.4) is 0 Å². The smallest absolute Gasteiger partial charge is 0.134 e. The molecule has 0 aromatic carbocycles. The van der Waals surface area contributed by atoms with Gasteiger partial charge in [0.2, 0.25) is 0 Å². The summed E-state index contributed by atoms with van der Waals surface area (Å²) < 4.78 is 0. The van der Waals surface area contributed by atoms with Crippen molar-refractivity contribution in [3.63, 3.8) is 0 Å². The van der Waals surface area contributed by atoms with Crippen molar-refractivity contribution < 1.29 is 0 Å². The fourth-order valence-corrected chi connectivity index (χ4v) is 2.97. The van der Waals surface area contributed by atoms with Gasteiger partial charge in [-0.05, 0) is 31.6 Å². The molecule has 2 N–H and O–H groups in total. The first kappa shape index (κ1) is 15.1. The van der Waals surface area contributed by atoms with Gasteiger partial charge < -0.3 is 10.6 Å². The number of aromatic nitrogens is 2. The Bertz CT molecular complexity index is 419. The molecule has 0 radical (unpaired) electrons. The number of nitrogens with zero attached hydrogens (tertiary/aromatic N) is 2. The van der Waals surface area contributed by atoms with Crippen LogP contribution in [0.2, 0.25) is 0 Å². The Morgan fingerprint density at radius 3 is 2.60 bits per heavy atom. The predicted molar refractivity (Wildman–Crippen MR) is 85.2 cm³/mol. The number of rotatable bonds is 6. The normalized spacial score (nSPS) is 22.6. The molecule has 1 aliphatic rings. The van der Waals surface area contributed by atoms with E-state index >= 15 is 0 Å². The Morgan fingerprint density at radius 2 is 1.90 bits per heavy atom.